The number of ether oxygens (including phenoxy) is 1. The molecule has 6 nitrogen and oxygen atoms in total. The summed E-state index contributed by atoms with van der Waals surface area (Å²) in [7, 11) is 0. The van der Waals surface area contributed by atoms with Gasteiger partial charge in [-0.1, -0.05) is 12.1 Å². The fourth-order valence-corrected chi connectivity index (χ4v) is 2.32. The molecule has 0 aliphatic carbocycles. The number of hydrogen-bond donors (Lipinski definition) is 2. The minimum atomic E-state index is 0.443. The van der Waals surface area contributed by atoms with E-state index in [1.54, 1.807) is 0 Å². The van der Waals surface area contributed by atoms with Crippen LogP contribution in [0.1, 0.15) is 6.42 Å². The van der Waals surface area contributed by atoms with E-state index < -0.39 is 0 Å². The van der Waals surface area contributed by atoms with E-state index in [0.29, 0.717) is 5.95 Å². The summed E-state index contributed by atoms with van der Waals surface area (Å²) in [5.74, 6) is 6.82. The van der Waals surface area contributed by atoms with Crippen molar-refractivity contribution in [3.63, 3.8) is 0 Å². The second-order valence-corrected chi connectivity index (χ2v) is 4.49. The Balaban J connectivity index is 2.09. The van der Waals surface area contributed by atoms with Crippen LogP contribution in [0.3, 0.4) is 0 Å². The summed E-state index contributed by atoms with van der Waals surface area (Å²) >= 11 is 0. The molecule has 0 spiro atoms. The third-order valence-electron chi connectivity index (χ3n) is 3.23. The summed E-state index contributed by atoms with van der Waals surface area (Å²) in [4.78, 5) is 11.1. The van der Waals surface area contributed by atoms with Crippen molar-refractivity contribution in [2.45, 2.75) is 6.42 Å². The first-order valence-electron chi connectivity index (χ1n) is 6.44. The molecule has 1 aromatic heterocycles. The number of hydrogen-bond acceptors (Lipinski definition) is 6. The van der Waals surface area contributed by atoms with Gasteiger partial charge >= 0.3 is 0 Å². The predicted octanol–water partition coefficient (Wildman–Crippen LogP) is 1.14. The Bertz CT molecular complexity index is 566. The monoisotopic (exact) mass is 259 g/mol. The SMILES string of the molecule is NNc1nc(N2CCCOCC2)c2ccccc2n1. The molecule has 0 radical (unpaired) electrons. The summed E-state index contributed by atoms with van der Waals surface area (Å²) in [6.07, 6.45) is 1.00. The highest BCUT2D eigenvalue weighted by atomic mass is 16.5. The molecule has 3 rings (SSSR count). The van der Waals surface area contributed by atoms with Crippen molar-refractivity contribution >= 4 is 22.7 Å². The van der Waals surface area contributed by atoms with Gasteiger partial charge < -0.3 is 9.64 Å². The van der Waals surface area contributed by atoms with Crippen molar-refractivity contribution in [1.82, 2.24) is 9.97 Å². The van der Waals surface area contributed by atoms with E-state index >= 15 is 0 Å². The van der Waals surface area contributed by atoms with Gasteiger partial charge in [0, 0.05) is 25.1 Å². The smallest absolute Gasteiger partial charge is 0.239 e. The number of nitrogens with two attached hydrogens (primary N) is 1. The van der Waals surface area contributed by atoms with Crippen molar-refractivity contribution in [1.29, 1.82) is 0 Å². The third-order valence-corrected chi connectivity index (χ3v) is 3.23. The Kier molecular flexibility index (Phi) is 3.43. The first-order valence-corrected chi connectivity index (χ1v) is 6.44. The van der Waals surface area contributed by atoms with Gasteiger partial charge in [0.15, 0.2) is 0 Å². The lowest BCUT2D eigenvalue weighted by molar-refractivity contribution is 0.152. The highest BCUT2D eigenvalue weighted by molar-refractivity contribution is 5.90. The maximum atomic E-state index is 5.49. The van der Waals surface area contributed by atoms with Gasteiger partial charge in [-0.15, -0.1) is 0 Å². The van der Waals surface area contributed by atoms with E-state index in [2.05, 4.69) is 20.3 Å². The number of fused-ring (bicyclic) bond motifs is 1. The van der Waals surface area contributed by atoms with Crippen molar-refractivity contribution in [2.24, 2.45) is 5.84 Å². The molecule has 0 atom stereocenters. The Morgan fingerprint density at radius 3 is 2.95 bits per heavy atom. The third kappa shape index (κ3) is 2.45. The van der Waals surface area contributed by atoms with E-state index in [1.165, 1.54) is 0 Å². The number of hydrazine groups is 1. The van der Waals surface area contributed by atoms with Gasteiger partial charge in [0.05, 0.1) is 12.1 Å². The maximum absolute atomic E-state index is 5.49. The first kappa shape index (κ1) is 12.1. The van der Waals surface area contributed by atoms with Crippen LogP contribution >= 0.6 is 0 Å². The highest BCUT2D eigenvalue weighted by Crippen LogP contribution is 2.25. The number of nitrogens with zero attached hydrogens (tertiary/aromatic N) is 3. The molecule has 3 N–H and O–H groups in total. The molecule has 0 saturated carbocycles. The minimum Gasteiger partial charge on any atom is -0.380 e. The van der Waals surface area contributed by atoms with Crippen LogP contribution in [0.5, 0.6) is 0 Å². The predicted molar refractivity (Wildman–Crippen MR) is 75.0 cm³/mol. The standard InChI is InChI=1S/C13H17N5O/c14-17-13-15-11-5-2-1-4-10(11)12(16-13)18-6-3-8-19-9-7-18/h1-2,4-5H,3,6-9,14H2,(H,15,16,17). The molecule has 19 heavy (non-hydrogen) atoms. The molecule has 0 bridgehead atoms. The Hall–Kier alpha value is -1.92. The molecule has 1 aliphatic heterocycles. The van der Waals surface area contributed by atoms with Crippen LogP contribution in [0.15, 0.2) is 24.3 Å². The second-order valence-electron chi connectivity index (χ2n) is 4.49. The number of nitrogens with one attached hydrogen (secondary N) is 1. The minimum absolute atomic E-state index is 0.443. The van der Waals surface area contributed by atoms with Crippen LogP contribution in [0.25, 0.3) is 10.9 Å². The van der Waals surface area contributed by atoms with Gasteiger partial charge in [0.25, 0.3) is 0 Å². The fraction of sp³-hybridized carbons (Fsp3) is 0.385. The summed E-state index contributed by atoms with van der Waals surface area (Å²) in [6, 6.07) is 7.97. The average molecular weight is 259 g/mol. The van der Waals surface area contributed by atoms with Crippen molar-refractivity contribution < 1.29 is 4.74 Å². The Morgan fingerprint density at radius 2 is 2.05 bits per heavy atom. The van der Waals surface area contributed by atoms with Crippen LogP contribution in [-0.2, 0) is 4.74 Å². The molecule has 2 aromatic rings. The van der Waals surface area contributed by atoms with Gasteiger partial charge in [-0.3, -0.25) is 5.43 Å². The van der Waals surface area contributed by atoms with Crippen LogP contribution in [0.4, 0.5) is 11.8 Å². The number of anilines is 2. The molecular formula is C13H17N5O. The van der Waals surface area contributed by atoms with Gasteiger partial charge in [-0.25, -0.2) is 10.8 Å². The Morgan fingerprint density at radius 1 is 1.16 bits per heavy atom. The van der Waals surface area contributed by atoms with Crippen LogP contribution in [-0.4, -0.2) is 36.3 Å². The van der Waals surface area contributed by atoms with Crippen LogP contribution < -0.4 is 16.2 Å². The van der Waals surface area contributed by atoms with Crippen molar-refractivity contribution in [3.8, 4) is 0 Å². The second kappa shape index (κ2) is 5.38. The fourth-order valence-electron chi connectivity index (χ4n) is 2.32. The van der Waals surface area contributed by atoms with E-state index in [1.807, 2.05) is 24.3 Å². The lowest BCUT2D eigenvalue weighted by Crippen LogP contribution is -2.27. The van der Waals surface area contributed by atoms with Gasteiger partial charge in [0.1, 0.15) is 5.82 Å². The van der Waals surface area contributed by atoms with Gasteiger partial charge in [-0.2, -0.15) is 4.98 Å². The quantitative estimate of drug-likeness (QED) is 0.622. The number of rotatable bonds is 2. The first-order chi connectivity index (χ1) is 9.38. The zero-order valence-electron chi connectivity index (χ0n) is 10.7. The van der Waals surface area contributed by atoms with E-state index in [4.69, 9.17) is 10.6 Å². The number of aromatic nitrogens is 2. The van der Waals surface area contributed by atoms with E-state index in [-0.39, 0.29) is 0 Å². The number of benzene rings is 1. The largest absolute Gasteiger partial charge is 0.380 e. The number of para-hydroxylation sites is 1. The molecule has 1 aromatic carbocycles. The van der Waals surface area contributed by atoms with Crippen molar-refractivity contribution in [2.75, 3.05) is 36.6 Å². The Labute approximate surface area is 111 Å². The van der Waals surface area contributed by atoms with Gasteiger partial charge in [0.2, 0.25) is 5.95 Å². The van der Waals surface area contributed by atoms with Crippen molar-refractivity contribution in [3.05, 3.63) is 24.3 Å². The molecule has 2 heterocycles. The van der Waals surface area contributed by atoms with E-state index in [0.717, 1.165) is 49.4 Å². The molecule has 0 unspecified atom stereocenters. The lowest BCUT2D eigenvalue weighted by atomic mass is 10.2. The molecule has 1 saturated heterocycles. The summed E-state index contributed by atoms with van der Waals surface area (Å²) in [6.45, 7) is 3.31. The number of nitrogen functional groups attached to an aromatic ring is 1. The summed E-state index contributed by atoms with van der Waals surface area (Å²) < 4.78 is 5.49. The zero-order chi connectivity index (χ0) is 13.1. The highest BCUT2D eigenvalue weighted by Gasteiger charge is 2.15. The topological polar surface area (TPSA) is 76.3 Å². The molecule has 100 valence electrons. The normalized spacial score (nSPS) is 16.4. The lowest BCUT2D eigenvalue weighted by Gasteiger charge is -2.22. The van der Waals surface area contributed by atoms with Crippen LogP contribution in [0, 0.1) is 0 Å². The maximum Gasteiger partial charge on any atom is 0.239 e. The summed E-state index contributed by atoms with van der Waals surface area (Å²) in [5, 5.41) is 1.04. The van der Waals surface area contributed by atoms with Crippen LogP contribution in [0.2, 0.25) is 0 Å². The molecule has 6 heteroatoms. The molecule has 1 aliphatic rings. The van der Waals surface area contributed by atoms with Gasteiger partial charge in [-0.05, 0) is 18.6 Å². The zero-order valence-corrected chi connectivity index (χ0v) is 10.7. The summed E-state index contributed by atoms with van der Waals surface area (Å²) in [5.41, 5.74) is 3.43. The molecular weight excluding hydrogens is 242 g/mol. The van der Waals surface area contributed by atoms with E-state index in [9.17, 15) is 0 Å². The molecule has 0 amide bonds. The molecule has 1 fully saturated rings. The average Bonchev–Trinajstić information content (AvgIpc) is 2.75.